The highest BCUT2D eigenvalue weighted by Gasteiger charge is 2.12. The SMILES string of the molecule is NCc1ccc(Sc2ccc3c(c2)OCCO3)cn1. The molecule has 5 heteroatoms. The van der Waals surface area contributed by atoms with Gasteiger partial charge in [-0.25, -0.2) is 0 Å². The molecule has 0 amide bonds. The predicted molar refractivity (Wildman–Crippen MR) is 73.7 cm³/mol. The summed E-state index contributed by atoms with van der Waals surface area (Å²) in [5, 5.41) is 0. The lowest BCUT2D eigenvalue weighted by molar-refractivity contribution is 0.171. The van der Waals surface area contributed by atoms with Crippen LogP contribution in [-0.4, -0.2) is 18.2 Å². The van der Waals surface area contributed by atoms with Gasteiger partial charge in [-0.3, -0.25) is 4.98 Å². The molecule has 0 radical (unpaired) electrons. The summed E-state index contributed by atoms with van der Waals surface area (Å²) in [7, 11) is 0. The van der Waals surface area contributed by atoms with Crippen LogP contribution in [0.25, 0.3) is 0 Å². The second-order valence-electron chi connectivity index (χ2n) is 4.10. The fourth-order valence-corrected chi connectivity index (χ4v) is 2.63. The van der Waals surface area contributed by atoms with E-state index in [4.69, 9.17) is 15.2 Å². The molecule has 2 aromatic rings. The van der Waals surface area contributed by atoms with Gasteiger partial charge >= 0.3 is 0 Å². The minimum absolute atomic E-state index is 0.467. The molecule has 1 aromatic carbocycles. The predicted octanol–water partition coefficient (Wildman–Crippen LogP) is 2.46. The van der Waals surface area contributed by atoms with Crippen molar-refractivity contribution in [2.75, 3.05) is 13.2 Å². The molecular formula is C14H14N2O2S. The molecule has 1 aliphatic heterocycles. The zero-order chi connectivity index (χ0) is 13.1. The number of benzene rings is 1. The Morgan fingerprint density at radius 2 is 1.84 bits per heavy atom. The smallest absolute Gasteiger partial charge is 0.162 e. The first-order valence-electron chi connectivity index (χ1n) is 6.07. The summed E-state index contributed by atoms with van der Waals surface area (Å²) in [6.07, 6.45) is 1.84. The van der Waals surface area contributed by atoms with E-state index in [9.17, 15) is 0 Å². The Hall–Kier alpha value is -1.72. The average Bonchev–Trinajstić information content (AvgIpc) is 2.48. The monoisotopic (exact) mass is 274 g/mol. The minimum Gasteiger partial charge on any atom is -0.486 e. The molecule has 0 saturated heterocycles. The third kappa shape index (κ3) is 2.83. The Balaban J connectivity index is 1.78. The fraction of sp³-hybridized carbons (Fsp3) is 0.214. The molecule has 0 fully saturated rings. The van der Waals surface area contributed by atoms with Gasteiger partial charge in [0.25, 0.3) is 0 Å². The molecule has 2 N–H and O–H groups in total. The van der Waals surface area contributed by atoms with E-state index >= 15 is 0 Å². The van der Waals surface area contributed by atoms with Crippen molar-refractivity contribution >= 4 is 11.8 Å². The fourth-order valence-electron chi connectivity index (χ4n) is 1.82. The molecule has 3 rings (SSSR count). The van der Waals surface area contributed by atoms with E-state index in [2.05, 4.69) is 4.98 Å². The number of hydrogen-bond acceptors (Lipinski definition) is 5. The molecule has 0 bridgehead atoms. The summed E-state index contributed by atoms with van der Waals surface area (Å²) in [6.45, 7) is 1.69. The maximum atomic E-state index is 5.57. The molecule has 1 aliphatic rings. The van der Waals surface area contributed by atoms with E-state index in [-0.39, 0.29) is 0 Å². The van der Waals surface area contributed by atoms with Gasteiger partial charge in [-0.2, -0.15) is 0 Å². The number of pyridine rings is 1. The van der Waals surface area contributed by atoms with E-state index in [0.29, 0.717) is 19.8 Å². The van der Waals surface area contributed by atoms with Crippen LogP contribution in [-0.2, 0) is 6.54 Å². The maximum absolute atomic E-state index is 5.57. The van der Waals surface area contributed by atoms with Crippen molar-refractivity contribution in [3.63, 3.8) is 0 Å². The van der Waals surface area contributed by atoms with Crippen molar-refractivity contribution in [1.29, 1.82) is 0 Å². The number of aromatic nitrogens is 1. The Morgan fingerprint density at radius 1 is 1.05 bits per heavy atom. The standard InChI is InChI=1S/C14H14N2O2S/c15-8-10-1-2-12(9-16-10)19-11-3-4-13-14(7-11)18-6-5-17-13/h1-4,7,9H,5-6,8,15H2. The summed E-state index contributed by atoms with van der Waals surface area (Å²) in [4.78, 5) is 6.46. The minimum atomic E-state index is 0.467. The van der Waals surface area contributed by atoms with E-state index in [0.717, 1.165) is 27.0 Å². The first-order valence-corrected chi connectivity index (χ1v) is 6.89. The van der Waals surface area contributed by atoms with Gasteiger partial charge in [0, 0.05) is 22.5 Å². The second-order valence-corrected chi connectivity index (χ2v) is 5.24. The zero-order valence-electron chi connectivity index (χ0n) is 10.3. The number of nitrogens with two attached hydrogens (primary N) is 1. The summed E-state index contributed by atoms with van der Waals surface area (Å²) in [5.74, 6) is 1.62. The van der Waals surface area contributed by atoms with Crippen LogP contribution in [0.15, 0.2) is 46.3 Å². The molecule has 19 heavy (non-hydrogen) atoms. The van der Waals surface area contributed by atoms with E-state index in [1.165, 1.54) is 0 Å². The number of hydrogen-bond donors (Lipinski definition) is 1. The number of fused-ring (bicyclic) bond motifs is 1. The topological polar surface area (TPSA) is 57.4 Å². The molecule has 1 aromatic heterocycles. The number of ether oxygens (including phenoxy) is 2. The molecule has 2 heterocycles. The lowest BCUT2D eigenvalue weighted by Gasteiger charge is -2.18. The second kappa shape index (κ2) is 5.50. The van der Waals surface area contributed by atoms with Crippen molar-refractivity contribution in [2.45, 2.75) is 16.3 Å². The van der Waals surface area contributed by atoms with Gasteiger partial charge in [-0.15, -0.1) is 0 Å². The molecule has 0 unspecified atom stereocenters. The van der Waals surface area contributed by atoms with Gasteiger partial charge in [0.1, 0.15) is 13.2 Å². The van der Waals surface area contributed by atoms with E-state index in [1.54, 1.807) is 11.8 Å². The summed E-state index contributed by atoms with van der Waals surface area (Å²) in [5.41, 5.74) is 6.42. The quantitative estimate of drug-likeness (QED) is 0.931. The van der Waals surface area contributed by atoms with Gasteiger partial charge in [-0.05, 0) is 30.3 Å². The summed E-state index contributed by atoms with van der Waals surface area (Å²) >= 11 is 1.64. The zero-order valence-corrected chi connectivity index (χ0v) is 11.2. The normalized spacial score (nSPS) is 13.3. The number of rotatable bonds is 3. The van der Waals surface area contributed by atoms with Crippen LogP contribution >= 0.6 is 11.8 Å². The van der Waals surface area contributed by atoms with Gasteiger partial charge in [0.15, 0.2) is 11.5 Å². The van der Waals surface area contributed by atoms with Gasteiger partial charge in [0.05, 0.1) is 5.69 Å². The first-order chi connectivity index (χ1) is 9.35. The van der Waals surface area contributed by atoms with Crippen LogP contribution < -0.4 is 15.2 Å². The van der Waals surface area contributed by atoms with E-state index < -0.39 is 0 Å². The Labute approximate surface area is 115 Å². The highest BCUT2D eigenvalue weighted by atomic mass is 32.2. The summed E-state index contributed by atoms with van der Waals surface area (Å²) in [6, 6.07) is 9.93. The number of nitrogens with zero attached hydrogens (tertiary/aromatic N) is 1. The van der Waals surface area contributed by atoms with Gasteiger partial charge < -0.3 is 15.2 Å². The van der Waals surface area contributed by atoms with Gasteiger partial charge in [-0.1, -0.05) is 11.8 Å². The summed E-state index contributed by atoms with van der Waals surface area (Å²) < 4.78 is 11.1. The highest BCUT2D eigenvalue weighted by molar-refractivity contribution is 7.99. The van der Waals surface area contributed by atoms with Crippen LogP contribution in [0.2, 0.25) is 0 Å². The maximum Gasteiger partial charge on any atom is 0.162 e. The van der Waals surface area contributed by atoms with Crippen LogP contribution in [0.4, 0.5) is 0 Å². The van der Waals surface area contributed by atoms with Crippen LogP contribution in [0.3, 0.4) is 0 Å². The molecule has 0 atom stereocenters. The third-order valence-corrected chi connectivity index (χ3v) is 3.72. The molecule has 98 valence electrons. The molecule has 4 nitrogen and oxygen atoms in total. The van der Waals surface area contributed by atoms with Crippen molar-refractivity contribution in [2.24, 2.45) is 5.73 Å². The van der Waals surface area contributed by atoms with Crippen LogP contribution in [0, 0.1) is 0 Å². The molecule has 0 saturated carbocycles. The molecule has 0 aliphatic carbocycles. The van der Waals surface area contributed by atoms with Crippen molar-refractivity contribution in [1.82, 2.24) is 4.98 Å². The van der Waals surface area contributed by atoms with Crippen molar-refractivity contribution in [3.05, 3.63) is 42.2 Å². The average molecular weight is 274 g/mol. The van der Waals surface area contributed by atoms with Crippen LogP contribution in [0.5, 0.6) is 11.5 Å². The lowest BCUT2D eigenvalue weighted by Crippen LogP contribution is -2.15. The highest BCUT2D eigenvalue weighted by Crippen LogP contribution is 2.36. The third-order valence-electron chi connectivity index (χ3n) is 2.76. The first kappa shape index (κ1) is 12.3. The van der Waals surface area contributed by atoms with E-state index in [1.807, 2.05) is 36.5 Å². The molecular weight excluding hydrogens is 260 g/mol. The van der Waals surface area contributed by atoms with Crippen LogP contribution in [0.1, 0.15) is 5.69 Å². The Bertz CT molecular complexity index is 572. The van der Waals surface area contributed by atoms with Crippen molar-refractivity contribution < 1.29 is 9.47 Å². The Morgan fingerprint density at radius 3 is 2.58 bits per heavy atom. The van der Waals surface area contributed by atoms with Gasteiger partial charge in [0.2, 0.25) is 0 Å². The van der Waals surface area contributed by atoms with Crippen molar-refractivity contribution in [3.8, 4) is 11.5 Å². The Kier molecular flexibility index (Phi) is 3.57. The molecule has 0 spiro atoms. The largest absolute Gasteiger partial charge is 0.486 e. The lowest BCUT2D eigenvalue weighted by atomic mass is 10.3.